The lowest BCUT2D eigenvalue weighted by Crippen LogP contribution is -2.46. The molecule has 1 atom stereocenters. The van der Waals surface area contributed by atoms with Gasteiger partial charge in [-0.25, -0.2) is 0 Å². The third-order valence-corrected chi connectivity index (χ3v) is 5.18. The van der Waals surface area contributed by atoms with Gasteiger partial charge in [-0.2, -0.15) is 0 Å². The van der Waals surface area contributed by atoms with Gasteiger partial charge in [0.15, 0.2) is 0 Å². The summed E-state index contributed by atoms with van der Waals surface area (Å²) < 4.78 is 4.59. The molecule has 6 nitrogen and oxygen atoms in total. The predicted octanol–water partition coefficient (Wildman–Crippen LogP) is 3.01. The summed E-state index contributed by atoms with van der Waals surface area (Å²) in [5.41, 5.74) is 0.410. The van der Waals surface area contributed by atoms with Gasteiger partial charge in [-0.15, -0.1) is 0 Å². The van der Waals surface area contributed by atoms with Crippen molar-refractivity contribution in [2.75, 3.05) is 27.2 Å². The zero-order valence-corrected chi connectivity index (χ0v) is 16.3. The quantitative estimate of drug-likeness (QED) is 0.688. The van der Waals surface area contributed by atoms with Gasteiger partial charge in [-0.05, 0) is 37.5 Å². The van der Waals surface area contributed by atoms with Crippen LogP contribution in [0.3, 0.4) is 0 Å². The van der Waals surface area contributed by atoms with Gasteiger partial charge in [0.05, 0.1) is 17.2 Å². The van der Waals surface area contributed by atoms with Crippen LogP contribution in [-0.2, 0) is 14.3 Å². The highest BCUT2D eigenvalue weighted by Crippen LogP contribution is 2.26. The average Bonchev–Trinajstić information content (AvgIpc) is 3.12. The lowest BCUT2D eigenvalue weighted by molar-refractivity contribution is -0.141. The van der Waals surface area contributed by atoms with E-state index < -0.39 is 6.04 Å². The van der Waals surface area contributed by atoms with E-state index in [0.717, 1.165) is 6.42 Å². The Kier molecular flexibility index (Phi) is 7.29. The molecule has 1 aromatic rings. The van der Waals surface area contributed by atoms with Gasteiger partial charge in [-0.1, -0.05) is 23.2 Å². The normalized spacial score (nSPS) is 16.5. The zero-order valence-electron chi connectivity index (χ0n) is 14.8. The van der Waals surface area contributed by atoms with E-state index in [1.54, 1.807) is 29.0 Å². The highest BCUT2D eigenvalue weighted by atomic mass is 35.5. The standard InChI is InChI=1S/C18H22Cl2N2O4/c1-21(9-4-6-16(23)26-2)18(25)15-5-3-10-22(15)17(24)12-7-8-13(19)14(20)11-12/h7-8,11,15H,3-6,9-10H2,1-2H3. The van der Waals surface area contributed by atoms with E-state index in [9.17, 15) is 14.4 Å². The molecule has 2 rings (SSSR count). The molecule has 1 aliphatic rings. The fourth-order valence-electron chi connectivity index (χ4n) is 2.99. The highest BCUT2D eigenvalue weighted by Gasteiger charge is 2.36. The number of halogens is 2. The number of carbonyl (C=O) groups excluding carboxylic acids is 3. The van der Waals surface area contributed by atoms with Crippen molar-refractivity contribution >= 4 is 41.0 Å². The summed E-state index contributed by atoms with van der Waals surface area (Å²) in [6.45, 7) is 0.949. The second-order valence-corrected chi connectivity index (χ2v) is 7.04. The second-order valence-electron chi connectivity index (χ2n) is 6.22. The average molecular weight is 401 g/mol. The van der Waals surface area contributed by atoms with Gasteiger partial charge in [0.2, 0.25) is 5.91 Å². The molecular formula is C18H22Cl2N2O4. The maximum absolute atomic E-state index is 12.8. The van der Waals surface area contributed by atoms with Crippen LogP contribution in [0.25, 0.3) is 0 Å². The van der Waals surface area contributed by atoms with Crippen molar-refractivity contribution in [3.8, 4) is 0 Å². The van der Waals surface area contributed by atoms with Crippen LogP contribution >= 0.6 is 23.2 Å². The molecule has 0 spiro atoms. The highest BCUT2D eigenvalue weighted by molar-refractivity contribution is 6.42. The van der Waals surface area contributed by atoms with Crippen LogP contribution in [0.15, 0.2) is 18.2 Å². The number of rotatable bonds is 6. The molecule has 8 heteroatoms. The number of carbonyl (C=O) groups is 3. The number of methoxy groups -OCH3 is 1. The van der Waals surface area contributed by atoms with Gasteiger partial charge in [0.25, 0.3) is 5.91 Å². The molecule has 0 aromatic heterocycles. The fraction of sp³-hybridized carbons (Fsp3) is 0.500. The topological polar surface area (TPSA) is 66.9 Å². The third-order valence-electron chi connectivity index (χ3n) is 4.44. The number of benzene rings is 1. The molecule has 1 heterocycles. The first-order valence-corrected chi connectivity index (χ1v) is 9.18. The molecule has 0 saturated carbocycles. The third kappa shape index (κ3) is 4.89. The van der Waals surface area contributed by atoms with E-state index in [1.807, 2.05) is 0 Å². The molecule has 1 aliphatic heterocycles. The monoisotopic (exact) mass is 400 g/mol. The van der Waals surface area contributed by atoms with E-state index in [2.05, 4.69) is 4.74 Å². The smallest absolute Gasteiger partial charge is 0.305 e. The first-order valence-electron chi connectivity index (χ1n) is 8.43. The lowest BCUT2D eigenvalue weighted by atomic mass is 10.1. The molecule has 1 fully saturated rings. The van der Waals surface area contributed by atoms with Crippen molar-refractivity contribution in [1.29, 1.82) is 0 Å². The molecule has 26 heavy (non-hydrogen) atoms. The Morgan fingerprint density at radius 2 is 2.00 bits per heavy atom. The van der Waals surface area contributed by atoms with Crippen LogP contribution in [0.2, 0.25) is 10.0 Å². The van der Waals surface area contributed by atoms with Gasteiger partial charge in [-0.3, -0.25) is 14.4 Å². The number of hydrogen-bond donors (Lipinski definition) is 0. The minimum atomic E-state index is -0.500. The van der Waals surface area contributed by atoms with Crippen molar-refractivity contribution in [3.05, 3.63) is 33.8 Å². The van der Waals surface area contributed by atoms with Crippen LogP contribution in [0.4, 0.5) is 0 Å². The SMILES string of the molecule is COC(=O)CCCN(C)C(=O)C1CCCN1C(=O)c1ccc(Cl)c(Cl)c1. The summed E-state index contributed by atoms with van der Waals surface area (Å²) in [4.78, 5) is 39.8. The van der Waals surface area contributed by atoms with Gasteiger partial charge < -0.3 is 14.5 Å². The van der Waals surface area contributed by atoms with E-state index in [-0.39, 0.29) is 24.2 Å². The van der Waals surface area contributed by atoms with Gasteiger partial charge >= 0.3 is 5.97 Å². The molecule has 1 saturated heterocycles. The molecule has 0 radical (unpaired) electrons. The first-order chi connectivity index (χ1) is 12.3. The Labute approximate surface area is 163 Å². The maximum Gasteiger partial charge on any atom is 0.305 e. The summed E-state index contributed by atoms with van der Waals surface area (Å²) in [6.07, 6.45) is 2.15. The molecule has 0 bridgehead atoms. The number of hydrogen-bond acceptors (Lipinski definition) is 4. The Morgan fingerprint density at radius 3 is 2.65 bits per heavy atom. The largest absolute Gasteiger partial charge is 0.469 e. The van der Waals surface area contributed by atoms with E-state index in [4.69, 9.17) is 23.2 Å². The number of nitrogens with zero attached hydrogens (tertiary/aromatic N) is 2. The number of esters is 1. The summed E-state index contributed by atoms with van der Waals surface area (Å²) in [5, 5.41) is 0.683. The molecule has 1 unspecified atom stereocenters. The lowest BCUT2D eigenvalue weighted by Gasteiger charge is -2.28. The summed E-state index contributed by atoms with van der Waals surface area (Å²) >= 11 is 11.9. The van der Waals surface area contributed by atoms with Crippen LogP contribution in [0.5, 0.6) is 0 Å². The summed E-state index contributed by atoms with van der Waals surface area (Å²) in [7, 11) is 3.02. The summed E-state index contributed by atoms with van der Waals surface area (Å²) in [6, 6.07) is 4.20. The number of amides is 2. The van der Waals surface area contributed by atoms with Crippen molar-refractivity contribution in [3.63, 3.8) is 0 Å². The molecule has 142 valence electrons. The molecule has 0 N–H and O–H groups in total. The Balaban J connectivity index is 2.01. The van der Waals surface area contributed by atoms with Crippen LogP contribution in [0.1, 0.15) is 36.0 Å². The fourth-order valence-corrected chi connectivity index (χ4v) is 3.29. The van der Waals surface area contributed by atoms with E-state index in [0.29, 0.717) is 41.5 Å². The van der Waals surface area contributed by atoms with Gasteiger partial charge in [0, 0.05) is 32.1 Å². The summed E-state index contributed by atoms with van der Waals surface area (Å²) in [5.74, 6) is -0.661. The minimum Gasteiger partial charge on any atom is -0.469 e. The van der Waals surface area contributed by atoms with Crippen LogP contribution in [-0.4, -0.2) is 60.9 Å². The molecule has 0 aliphatic carbocycles. The number of likely N-dealkylation sites (tertiary alicyclic amines) is 1. The maximum atomic E-state index is 12.8. The minimum absolute atomic E-state index is 0.124. The van der Waals surface area contributed by atoms with Crippen molar-refractivity contribution < 1.29 is 19.1 Å². The van der Waals surface area contributed by atoms with Crippen molar-refractivity contribution in [2.24, 2.45) is 0 Å². The molecule has 2 amide bonds. The van der Waals surface area contributed by atoms with Crippen LogP contribution in [0, 0.1) is 0 Å². The molecule has 1 aromatic carbocycles. The van der Waals surface area contributed by atoms with E-state index >= 15 is 0 Å². The van der Waals surface area contributed by atoms with Gasteiger partial charge in [0.1, 0.15) is 6.04 Å². The second kappa shape index (κ2) is 9.24. The Morgan fingerprint density at radius 1 is 1.27 bits per heavy atom. The Hall–Kier alpha value is -1.79. The Bertz CT molecular complexity index is 696. The first kappa shape index (κ1) is 20.5. The molecular weight excluding hydrogens is 379 g/mol. The van der Waals surface area contributed by atoms with E-state index in [1.165, 1.54) is 13.2 Å². The zero-order chi connectivity index (χ0) is 19.3. The van der Waals surface area contributed by atoms with Crippen LogP contribution < -0.4 is 0 Å². The predicted molar refractivity (Wildman–Crippen MR) is 99.4 cm³/mol. The number of ether oxygens (including phenoxy) is 1. The number of likely N-dealkylation sites (N-methyl/N-ethyl adjacent to an activating group) is 1. The van der Waals surface area contributed by atoms with Crippen molar-refractivity contribution in [2.45, 2.75) is 31.7 Å². The van der Waals surface area contributed by atoms with Crippen molar-refractivity contribution in [1.82, 2.24) is 9.80 Å².